The van der Waals surface area contributed by atoms with Crippen molar-refractivity contribution in [2.24, 2.45) is 5.92 Å². The Balaban J connectivity index is 1.16. The molecule has 1 aliphatic heterocycles. The highest BCUT2D eigenvalue weighted by Crippen LogP contribution is 2.29. The van der Waals surface area contributed by atoms with Gasteiger partial charge in [-0.3, -0.25) is 14.6 Å². The lowest BCUT2D eigenvalue weighted by molar-refractivity contribution is -0.162. The van der Waals surface area contributed by atoms with Crippen LogP contribution in [0.15, 0.2) is 55.0 Å². The summed E-state index contributed by atoms with van der Waals surface area (Å²) in [6, 6.07) is 10.9. The maximum Gasteiger partial charge on any atom is 0.271 e. The number of H-pyrrole nitrogens is 2. The molecule has 1 fully saturated rings. The molecule has 0 aliphatic carbocycles. The van der Waals surface area contributed by atoms with E-state index >= 15 is 0 Å². The Hall–Kier alpha value is -4.63. The molecule has 0 spiro atoms. The second-order valence-electron chi connectivity index (χ2n) is 12.7. The zero-order chi connectivity index (χ0) is 36.1. The fourth-order valence-electron chi connectivity index (χ4n) is 5.23. The van der Waals surface area contributed by atoms with Gasteiger partial charge in [-0.2, -0.15) is 0 Å². The fraction of sp³-hybridized carbons (Fsp3) is 0.457. The molecule has 3 unspecified atom stereocenters. The number of carbonyl (C=O) groups excluding carboxylic acids is 2. The Morgan fingerprint density at radius 1 is 1.00 bits per heavy atom. The molecule has 0 bridgehead atoms. The summed E-state index contributed by atoms with van der Waals surface area (Å²) in [5.74, 6) is -5.87. The molecule has 1 saturated heterocycles. The minimum absolute atomic E-state index is 0.0434. The summed E-state index contributed by atoms with van der Waals surface area (Å²) >= 11 is 0. The zero-order valence-electron chi connectivity index (χ0n) is 28.2. The number of rotatable bonds is 14. The van der Waals surface area contributed by atoms with Crippen molar-refractivity contribution in [3.63, 3.8) is 0 Å². The van der Waals surface area contributed by atoms with Gasteiger partial charge < -0.3 is 30.1 Å². The van der Waals surface area contributed by atoms with Crippen molar-refractivity contribution < 1.29 is 36.6 Å². The number of alkyl halides is 4. The molecule has 4 N–H and O–H groups in total. The summed E-state index contributed by atoms with van der Waals surface area (Å²) in [6.45, 7) is 5.15. The minimum Gasteiger partial charge on any atom is -0.362 e. The van der Waals surface area contributed by atoms with Gasteiger partial charge in [-0.15, -0.1) is 0 Å². The SMILES string of the molecule is CCC(F)(F)COC(C)C(=O)NC(c1nc(-c2ccc(-c3ccc(-c4c[nH]c(CNC(=O)C5CCC(F)(F)CO5)n4)cn3)cc2)c[nH]1)C(C)C. The lowest BCUT2D eigenvalue weighted by Crippen LogP contribution is -2.43. The van der Waals surface area contributed by atoms with Crippen LogP contribution in [-0.4, -0.2) is 74.0 Å². The second kappa shape index (κ2) is 15.5. The molecule has 3 atom stereocenters. The number of hydrogen-bond donors (Lipinski definition) is 4. The molecule has 4 heterocycles. The van der Waals surface area contributed by atoms with Gasteiger partial charge in [-0.05, 0) is 31.4 Å². The van der Waals surface area contributed by atoms with Crippen molar-refractivity contribution in [1.29, 1.82) is 0 Å². The van der Waals surface area contributed by atoms with Gasteiger partial charge in [-0.1, -0.05) is 45.0 Å². The molecule has 0 radical (unpaired) electrons. The summed E-state index contributed by atoms with van der Waals surface area (Å²) in [5, 5.41) is 5.54. The van der Waals surface area contributed by atoms with Gasteiger partial charge in [-0.25, -0.2) is 27.5 Å². The van der Waals surface area contributed by atoms with E-state index in [2.05, 4.69) is 30.6 Å². The number of benzene rings is 1. The van der Waals surface area contributed by atoms with E-state index in [1.807, 2.05) is 50.2 Å². The molecule has 4 aromatic rings. The zero-order valence-corrected chi connectivity index (χ0v) is 28.2. The van der Waals surface area contributed by atoms with Crippen LogP contribution >= 0.6 is 0 Å². The molecular formula is C35H41F4N7O4. The summed E-state index contributed by atoms with van der Waals surface area (Å²) in [4.78, 5) is 45.0. The Morgan fingerprint density at radius 3 is 2.28 bits per heavy atom. The highest BCUT2D eigenvalue weighted by Gasteiger charge is 2.38. The van der Waals surface area contributed by atoms with Gasteiger partial charge in [0.25, 0.3) is 11.8 Å². The van der Waals surface area contributed by atoms with Crippen LogP contribution in [0, 0.1) is 5.92 Å². The Bertz CT molecular complexity index is 1730. The Labute approximate surface area is 287 Å². The third-order valence-corrected chi connectivity index (χ3v) is 8.44. The maximum atomic E-state index is 13.6. The van der Waals surface area contributed by atoms with Gasteiger partial charge in [0.05, 0.1) is 29.7 Å². The van der Waals surface area contributed by atoms with Crippen LogP contribution in [0.2, 0.25) is 0 Å². The minimum atomic E-state index is -2.99. The van der Waals surface area contributed by atoms with E-state index in [0.29, 0.717) is 23.0 Å². The first kappa shape index (κ1) is 36.6. The Morgan fingerprint density at radius 2 is 1.66 bits per heavy atom. The number of amides is 2. The van der Waals surface area contributed by atoms with E-state index in [1.54, 1.807) is 18.6 Å². The number of ether oxygens (including phenoxy) is 2. The van der Waals surface area contributed by atoms with Crippen molar-refractivity contribution in [3.05, 3.63) is 66.6 Å². The summed E-state index contributed by atoms with van der Waals surface area (Å²) < 4.78 is 63.9. The quantitative estimate of drug-likeness (QED) is 0.114. The number of aromatic amines is 2. The molecule has 1 aliphatic rings. The van der Waals surface area contributed by atoms with Gasteiger partial charge in [0.2, 0.25) is 11.8 Å². The van der Waals surface area contributed by atoms with Crippen molar-refractivity contribution >= 4 is 11.8 Å². The van der Waals surface area contributed by atoms with E-state index in [-0.39, 0.29) is 31.7 Å². The molecule has 5 rings (SSSR count). The van der Waals surface area contributed by atoms with Gasteiger partial charge in [0.1, 0.15) is 37.1 Å². The molecular weight excluding hydrogens is 658 g/mol. The lowest BCUT2D eigenvalue weighted by atomic mass is 10.0. The predicted octanol–water partition coefficient (Wildman–Crippen LogP) is 6.22. The standard InChI is InChI=1S/C35H41F4N7O4/c1-5-34(36,37)18-49-21(4)32(47)46-30(20(2)3)31-42-16-26(45-31)23-8-6-22(7-9-23)25-11-10-24(14-40-25)27-15-41-29(44-27)17-43-33(48)28-12-13-35(38,39)19-50-28/h6-11,14-16,20-21,28,30H,5,12-13,17-19H2,1-4H3,(H,41,44)(H,42,45)(H,43,48)(H,46,47). The van der Waals surface area contributed by atoms with Crippen molar-refractivity contribution in [2.75, 3.05) is 13.2 Å². The monoisotopic (exact) mass is 699 g/mol. The normalized spacial score (nSPS) is 17.3. The van der Waals surface area contributed by atoms with Gasteiger partial charge in [0, 0.05) is 48.1 Å². The summed E-state index contributed by atoms with van der Waals surface area (Å²) in [6.07, 6.45) is 2.37. The number of imidazole rings is 2. The number of aromatic nitrogens is 5. The first-order valence-corrected chi connectivity index (χ1v) is 16.5. The van der Waals surface area contributed by atoms with E-state index in [4.69, 9.17) is 14.5 Å². The van der Waals surface area contributed by atoms with Crippen LogP contribution in [0.1, 0.15) is 64.6 Å². The molecule has 0 saturated carbocycles. The molecule has 11 nitrogen and oxygen atoms in total. The van der Waals surface area contributed by atoms with E-state index in [1.165, 1.54) is 13.8 Å². The van der Waals surface area contributed by atoms with Gasteiger partial charge >= 0.3 is 0 Å². The average Bonchev–Trinajstić information content (AvgIpc) is 3.79. The maximum absolute atomic E-state index is 13.6. The number of halogens is 4. The molecule has 1 aromatic carbocycles. The number of pyridine rings is 1. The van der Waals surface area contributed by atoms with Crippen LogP contribution in [0.4, 0.5) is 17.6 Å². The molecule has 15 heteroatoms. The molecule has 2 amide bonds. The molecule has 50 heavy (non-hydrogen) atoms. The lowest BCUT2D eigenvalue weighted by Gasteiger charge is -2.27. The molecule has 268 valence electrons. The predicted molar refractivity (Wildman–Crippen MR) is 177 cm³/mol. The van der Waals surface area contributed by atoms with Crippen LogP contribution in [0.25, 0.3) is 33.8 Å². The average molecular weight is 700 g/mol. The fourth-order valence-corrected chi connectivity index (χ4v) is 5.23. The number of hydrogen-bond acceptors (Lipinski definition) is 7. The third-order valence-electron chi connectivity index (χ3n) is 8.44. The number of nitrogens with zero attached hydrogens (tertiary/aromatic N) is 3. The number of nitrogens with one attached hydrogen (secondary N) is 4. The first-order chi connectivity index (χ1) is 23.7. The van der Waals surface area contributed by atoms with Crippen LogP contribution in [0.3, 0.4) is 0 Å². The van der Waals surface area contributed by atoms with Crippen molar-refractivity contribution in [3.8, 4) is 33.8 Å². The molecule has 3 aromatic heterocycles. The Kier molecular flexibility index (Phi) is 11.4. The van der Waals surface area contributed by atoms with Crippen molar-refractivity contribution in [2.45, 2.75) is 83.6 Å². The first-order valence-electron chi connectivity index (χ1n) is 16.5. The van der Waals surface area contributed by atoms with E-state index < -0.39 is 55.1 Å². The van der Waals surface area contributed by atoms with E-state index in [9.17, 15) is 27.2 Å². The number of carbonyl (C=O) groups is 2. The second-order valence-corrected chi connectivity index (χ2v) is 12.7. The highest BCUT2D eigenvalue weighted by molar-refractivity contribution is 5.81. The third kappa shape index (κ3) is 9.33. The van der Waals surface area contributed by atoms with Crippen LogP contribution in [0.5, 0.6) is 0 Å². The van der Waals surface area contributed by atoms with Crippen LogP contribution < -0.4 is 10.6 Å². The summed E-state index contributed by atoms with van der Waals surface area (Å²) in [7, 11) is 0. The highest BCUT2D eigenvalue weighted by atomic mass is 19.3. The van der Waals surface area contributed by atoms with Crippen molar-refractivity contribution in [1.82, 2.24) is 35.6 Å². The smallest absolute Gasteiger partial charge is 0.271 e. The van der Waals surface area contributed by atoms with Gasteiger partial charge in [0.15, 0.2) is 0 Å². The van der Waals surface area contributed by atoms with Crippen LogP contribution in [-0.2, 0) is 25.6 Å². The summed E-state index contributed by atoms with van der Waals surface area (Å²) in [5.41, 5.74) is 4.50. The topological polar surface area (TPSA) is 147 Å². The largest absolute Gasteiger partial charge is 0.362 e. The van der Waals surface area contributed by atoms with E-state index in [0.717, 1.165) is 22.4 Å².